The summed E-state index contributed by atoms with van der Waals surface area (Å²) in [5.74, 6) is -0.207. The lowest BCUT2D eigenvalue weighted by atomic mass is 10.2. The van der Waals surface area contributed by atoms with Crippen LogP contribution in [0, 0.1) is 0 Å². The molecule has 3 N–H and O–H groups in total. The van der Waals surface area contributed by atoms with Crippen LogP contribution >= 0.6 is 15.9 Å². The Morgan fingerprint density at radius 1 is 1.40 bits per heavy atom. The number of aromatic amines is 1. The number of halogens is 1. The van der Waals surface area contributed by atoms with Crippen molar-refractivity contribution in [1.82, 2.24) is 24.4 Å². The van der Waals surface area contributed by atoms with Crippen molar-refractivity contribution < 1.29 is 9.90 Å². The molecule has 1 amide bonds. The molecule has 130 valence electrons. The Labute approximate surface area is 149 Å². The Hall–Kier alpha value is -2.88. The highest BCUT2D eigenvalue weighted by Crippen LogP contribution is 2.24. The number of aromatic hydroxyl groups is 1. The van der Waals surface area contributed by atoms with E-state index in [1.165, 1.54) is 28.6 Å². The number of benzene rings is 1. The maximum absolute atomic E-state index is 12.1. The van der Waals surface area contributed by atoms with Crippen molar-refractivity contribution in [2.75, 3.05) is 0 Å². The highest BCUT2D eigenvalue weighted by molar-refractivity contribution is 9.10. The maximum Gasteiger partial charge on any atom is 0.329 e. The Morgan fingerprint density at radius 3 is 2.88 bits per heavy atom. The number of fused-ring (bicyclic) bond motifs is 1. The van der Waals surface area contributed by atoms with E-state index >= 15 is 0 Å². The number of nitrogens with one attached hydrogen (secondary N) is 2. The van der Waals surface area contributed by atoms with Gasteiger partial charge in [0, 0.05) is 13.6 Å². The van der Waals surface area contributed by atoms with Crippen molar-refractivity contribution in [3.05, 3.63) is 55.4 Å². The van der Waals surface area contributed by atoms with Crippen LogP contribution in [0.25, 0.3) is 11.2 Å². The van der Waals surface area contributed by atoms with E-state index in [1.807, 2.05) is 0 Å². The monoisotopic (exact) mass is 407 g/mol. The lowest BCUT2D eigenvalue weighted by Gasteiger charge is -2.08. The molecule has 3 rings (SSSR count). The van der Waals surface area contributed by atoms with Crippen molar-refractivity contribution >= 4 is 33.0 Å². The van der Waals surface area contributed by atoms with E-state index in [1.54, 1.807) is 12.1 Å². The van der Waals surface area contributed by atoms with Crippen molar-refractivity contribution in [3.63, 3.8) is 0 Å². The number of hydrogen-bond acceptors (Lipinski definition) is 5. The molecule has 0 saturated heterocycles. The number of hydrogen-bond donors (Lipinski definition) is 3. The number of nitrogens with zero attached hydrogens (tertiary/aromatic N) is 3. The molecule has 0 atom stereocenters. The van der Waals surface area contributed by atoms with Crippen LogP contribution in [0.15, 0.2) is 38.6 Å². The molecule has 0 aliphatic carbocycles. The molecular formula is C15H14BrN5O4. The lowest BCUT2D eigenvalue weighted by Crippen LogP contribution is -2.31. The number of amides is 1. The minimum atomic E-state index is -0.592. The smallest absolute Gasteiger partial charge is 0.329 e. The second-order valence-electron chi connectivity index (χ2n) is 5.43. The molecule has 10 heteroatoms. The predicted molar refractivity (Wildman–Crippen MR) is 93.2 cm³/mol. The largest absolute Gasteiger partial charge is 0.507 e. The third kappa shape index (κ3) is 3.33. The zero-order chi connectivity index (χ0) is 18.1. The number of H-pyrrole nitrogens is 1. The normalized spacial score (nSPS) is 11.0. The van der Waals surface area contributed by atoms with Crippen LogP contribution in [0.2, 0.25) is 0 Å². The van der Waals surface area contributed by atoms with Gasteiger partial charge in [-0.3, -0.25) is 19.1 Å². The summed E-state index contributed by atoms with van der Waals surface area (Å²) in [6.07, 6.45) is 1.34. The summed E-state index contributed by atoms with van der Waals surface area (Å²) < 4.78 is 3.13. The van der Waals surface area contributed by atoms with Gasteiger partial charge in [0.2, 0.25) is 5.91 Å². The number of carbonyl (C=O) groups excluding carboxylic acids is 1. The number of phenols is 1. The molecule has 1 aromatic carbocycles. The molecule has 0 saturated carbocycles. The van der Waals surface area contributed by atoms with E-state index in [2.05, 4.69) is 31.2 Å². The molecule has 0 fully saturated rings. The Bertz CT molecular complexity index is 1080. The fourth-order valence-electron chi connectivity index (χ4n) is 2.38. The average molecular weight is 408 g/mol. The van der Waals surface area contributed by atoms with Gasteiger partial charge in [0.15, 0.2) is 11.2 Å². The summed E-state index contributed by atoms with van der Waals surface area (Å²) in [5.41, 5.74) is 0.0124. The van der Waals surface area contributed by atoms with Crippen LogP contribution < -0.4 is 16.6 Å². The van der Waals surface area contributed by atoms with Gasteiger partial charge in [-0.15, -0.1) is 0 Å². The molecule has 9 nitrogen and oxygen atoms in total. The van der Waals surface area contributed by atoms with Gasteiger partial charge in [0.25, 0.3) is 5.56 Å². The van der Waals surface area contributed by atoms with Gasteiger partial charge in [-0.1, -0.05) is 6.07 Å². The highest BCUT2D eigenvalue weighted by Gasteiger charge is 2.13. The van der Waals surface area contributed by atoms with E-state index in [0.717, 1.165) is 5.56 Å². The summed E-state index contributed by atoms with van der Waals surface area (Å²) in [5, 5.41) is 12.2. The van der Waals surface area contributed by atoms with E-state index < -0.39 is 11.2 Å². The summed E-state index contributed by atoms with van der Waals surface area (Å²) in [7, 11) is 1.49. The maximum atomic E-state index is 12.1. The van der Waals surface area contributed by atoms with E-state index in [9.17, 15) is 19.5 Å². The SMILES string of the molecule is Cn1c(=O)[nH]c(=O)c2c1ncn2CC(=O)NCc1ccc(O)c(Br)c1. The summed E-state index contributed by atoms with van der Waals surface area (Å²) >= 11 is 3.21. The zero-order valence-corrected chi connectivity index (χ0v) is 14.7. The van der Waals surface area contributed by atoms with Gasteiger partial charge in [0.1, 0.15) is 12.3 Å². The molecule has 0 aliphatic rings. The molecule has 0 aliphatic heterocycles. The fraction of sp³-hybridized carbons (Fsp3) is 0.200. The minimum absolute atomic E-state index is 0.114. The zero-order valence-electron chi connectivity index (χ0n) is 13.1. The average Bonchev–Trinajstić information content (AvgIpc) is 2.98. The lowest BCUT2D eigenvalue weighted by molar-refractivity contribution is -0.121. The van der Waals surface area contributed by atoms with Crippen molar-refractivity contribution in [2.45, 2.75) is 13.1 Å². The van der Waals surface area contributed by atoms with Gasteiger partial charge in [-0.05, 0) is 33.6 Å². The van der Waals surface area contributed by atoms with Gasteiger partial charge in [-0.25, -0.2) is 9.78 Å². The first-order valence-electron chi connectivity index (χ1n) is 7.25. The summed E-state index contributed by atoms with van der Waals surface area (Å²) in [4.78, 5) is 41.9. The first-order valence-corrected chi connectivity index (χ1v) is 8.04. The predicted octanol–water partition coefficient (Wildman–Crippen LogP) is 0.208. The number of rotatable bonds is 4. The van der Waals surface area contributed by atoms with E-state index in [-0.39, 0.29) is 35.9 Å². The summed E-state index contributed by atoms with van der Waals surface area (Å²) in [6, 6.07) is 4.91. The standard InChI is InChI=1S/C15H14BrN5O4/c1-20-13-12(14(24)19-15(20)25)21(7-18-13)6-11(23)17-5-8-2-3-10(22)9(16)4-8/h2-4,7,22H,5-6H2,1H3,(H,17,23)(H,19,24,25). The molecule has 25 heavy (non-hydrogen) atoms. The number of phenolic OH excluding ortho intramolecular Hbond substituents is 1. The quantitative estimate of drug-likeness (QED) is 0.570. The third-order valence-corrected chi connectivity index (χ3v) is 4.33. The Balaban J connectivity index is 1.76. The molecule has 2 aromatic heterocycles. The van der Waals surface area contributed by atoms with Crippen LogP contribution in [0.4, 0.5) is 0 Å². The van der Waals surface area contributed by atoms with Crippen molar-refractivity contribution in [3.8, 4) is 5.75 Å². The van der Waals surface area contributed by atoms with Gasteiger partial charge >= 0.3 is 5.69 Å². The van der Waals surface area contributed by atoms with E-state index in [4.69, 9.17) is 0 Å². The Morgan fingerprint density at radius 2 is 2.16 bits per heavy atom. The molecule has 0 spiro atoms. The minimum Gasteiger partial charge on any atom is -0.507 e. The van der Waals surface area contributed by atoms with Crippen LogP contribution in [0.5, 0.6) is 5.75 Å². The highest BCUT2D eigenvalue weighted by atomic mass is 79.9. The fourth-order valence-corrected chi connectivity index (χ4v) is 2.80. The van der Waals surface area contributed by atoms with Gasteiger partial charge in [0.05, 0.1) is 10.8 Å². The Kier molecular flexibility index (Phi) is 4.45. The topological polar surface area (TPSA) is 122 Å². The van der Waals surface area contributed by atoms with Gasteiger partial charge in [-0.2, -0.15) is 0 Å². The second kappa shape index (κ2) is 6.55. The molecule has 3 aromatic rings. The van der Waals surface area contributed by atoms with Crippen LogP contribution in [0.3, 0.4) is 0 Å². The first-order chi connectivity index (χ1) is 11.9. The molecule has 0 bridgehead atoms. The van der Waals surface area contributed by atoms with Crippen LogP contribution in [-0.4, -0.2) is 30.1 Å². The first kappa shape index (κ1) is 17.0. The summed E-state index contributed by atoms with van der Waals surface area (Å²) in [6.45, 7) is 0.149. The molecule has 2 heterocycles. The van der Waals surface area contributed by atoms with Crippen molar-refractivity contribution in [1.29, 1.82) is 0 Å². The van der Waals surface area contributed by atoms with E-state index in [0.29, 0.717) is 4.47 Å². The number of carbonyl (C=O) groups is 1. The molecular weight excluding hydrogens is 394 g/mol. The molecule has 0 unspecified atom stereocenters. The van der Waals surface area contributed by atoms with Crippen molar-refractivity contribution in [2.24, 2.45) is 7.05 Å². The van der Waals surface area contributed by atoms with Gasteiger partial charge < -0.3 is 15.0 Å². The number of aromatic nitrogens is 4. The number of aryl methyl sites for hydroxylation is 1. The van der Waals surface area contributed by atoms with Crippen LogP contribution in [0.1, 0.15) is 5.56 Å². The number of imidazole rings is 1. The second-order valence-corrected chi connectivity index (χ2v) is 6.28. The molecule has 0 radical (unpaired) electrons. The van der Waals surface area contributed by atoms with Crippen LogP contribution in [-0.2, 0) is 24.9 Å². The third-order valence-electron chi connectivity index (χ3n) is 3.69.